The monoisotopic (exact) mass is 374 g/mol. The van der Waals surface area contributed by atoms with Crippen LogP contribution in [0.5, 0.6) is 5.75 Å². The lowest BCUT2D eigenvalue weighted by Crippen LogP contribution is -2.25. The Hall–Kier alpha value is -2.96. The molecule has 1 N–H and O–H groups in total. The second-order valence-electron chi connectivity index (χ2n) is 6.29. The summed E-state index contributed by atoms with van der Waals surface area (Å²) in [6, 6.07) is 13.5. The Bertz CT molecular complexity index is 792. The molecule has 1 saturated heterocycles. The zero-order valence-electron chi connectivity index (χ0n) is 14.7. The Morgan fingerprint density at radius 2 is 1.74 bits per heavy atom. The Labute approximate surface area is 155 Å². The number of hydrogen-bond acceptors (Lipinski definition) is 3. The van der Waals surface area contributed by atoms with Gasteiger partial charge in [0, 0.05) is 25.2 Å². The van der Waals surface area contributed by atoms with Crippen molar-refractivity contribution in [3.05, 3.63) is 59.7 Å². The smallest absolute Gasteiger partial charge is 0.387 e. The Balaban J connectivity index is 1.48. The van der Waals surface area contributed by atoms with Gasteiger partial charge < -0.3 is 15.0 Å². The van der Waals surface area contributed by atoms with Gasteiger partial charge in [0.2, 0.25) is 11.8 Å². The van der Waals surface area contributed by atoms with Gasteiger partial charge in [-0.3, -0.25) is 9.59 Å². The number of anilines is 1. The van der Waals surface area contributed by atoms with E-state index in [4.69, 9.17) is 0 Å². The van der Waals surface area contributed by atoms with E-state index >= 15 is 0 Å². The average Bonchev–Trinajstić information content (AvgIpc) is 3.08. The Morgan fingerprint density at radius 1 is 1.07 bits per heavy atom. The van der Waals surface area contributed by atoms with Gasteiger partial charge in [0.1, 0.15) is 5.75 Å². The SMILES string of the molecule is O=C(Cc1ccc(OC(F)F)cc1)NCc1ccc(N2CCCC2=O)cc1. The Morgan fingerprint density at radius 3 is 2.33 bits per heavy atom. The molecule has 1 aliphatic heterocycles. The first-order chi connectivity index (χ1) is 13.0. The molecule has 5 nitrogen and oxygen atoms in total. The molecule has 1 heterocycles. The molecule has 1 fully saturated rings. The summed E-state index contributed by atoms with van der Waals surface area (Å²) >= 11 is 0. The van der Waals surface area contributed by atoms with Crippen molar-refractivity contribution in [3.8, 4) is 5.75 Å². The number of rotatable bonds is 7. The van der Waals surface area contributed by atoms with Crippen molar-refractivity contribution in [1.82, 2.24) is 5.32 Å². The van der Waals surface area contributed by atoms with E-state index in [1.165, 1.54) is 12.1 Å². The molecule has 2 aromatic carbocycles. The van der Waals surface area contributed by atoms with Crippen LogP contribution >= 0.6 is 0 Å². The van der Waals surface area contributed by atoms with Crippen molar-refractivity contribution < 1.29 is 23.1 Å². The van der Waals surface area contributed by atoms with Gasteiger partial charge in [0.15, 0.2) is 0 Å². The van der Waals surface area contributed by atoms with Crippen LogP contribution in [0.1, 0.15) is 24.0 Å². The van der Waals surface area contributed by atoms with Crippen molar-refractivity contribution in [2.24, 2.45) is 0 Å². The number of nitrogens with zero attached hydrogens (tertiary/aromatic N) is 1. The van der Waals surface area contributed by atoms with Crippen LogP contribution in [0.3, 0.4) is 0 Å². The fourth-order valence-corrected chi connectivity index (χ4v) is 2.95. The van der Waals surface area contributed by atoms with Gasteiger partial charge in [0.25, 0.3) is 0 Å². The van der Waals surface area contributed by atoms with Crippen LogP contribution in [-0.2, 0) is 22.6 Å². The maximum atomic E-state index is 12.1. The molecule has 2 aromatic rings. The molecule has 0 aliphatic carbocycles. The molecule has 0 saturated carbocycles. The predicted molar refractivity (Wildman–Crippen MR) is 96.7 cm³/mol. The summed E-state index contributed by atoms with van der Waals surface area (Å²) in [6.45, 7) is -1.75. The van der Waals surface area contributed by atoms with Crippen LogP contribution in [0.2, 0.25) is 0 Å². The van der Waals surface area contributed by atoms with Crippen LogP contribution in [0, 0.1) is 0 Å². The molecular weight excluding hydrogens is 354 g/mol. The van der Waals surface area contributed by atoms with Crippen molar-refractivity contribution in [2.75, 3.05) is 11.4 Å². The third-order valence-corrected chi connectivity index (χ3v) is 4.32. The minimum absolute atomic E-state index is 0.0609. The van der Waals surface area contributed by atoms with Crippen LogP contribution in [-0.4, -0.2) is 25.0 Å². The van der Waals surface area contributed by atoms with E-state index in [1.807, 2.05) is 24.3 Å². The molecule has 142 valence electrons. The van der Waals surface area contributed by atoms with E-state index in [0.717, 1.165) is 24.2 Å². The van der Waals surface area contributed by atoms with E-state index in [0.29, 0.717) is 18.5 Å². The fraction of sp³-hybridized carbons (Fsp3) is 0.300. The molecule has 7 heteroatoms. The number of benzene rings is 2. The van der Waals surface area contributed by atoms with Gasteiger partial charge in [-0.1, -0.05) is 24.3 Å². The summed E-state index contributed by atoms with van der Waals surface area (Å²) in [4.78, 5) is 25.6. The average molecular weight is 374 g/mol. The lowest BCUT2D eigenvalue weighted by Gasteiger charge is -2.16. The molecule has 3 rings (SSSR count). The van der Waals surface area contributed by atoms with E-state index in [2.05, 4.69) is 10.1 Å². The second kappa shape index (κ2) is 8.62. The summed E-state index contributed by atoms with van der Waals surface area (Å²) in [6.07, 6.45) is 1.62. The summed E-state index contributed by atoms with van der Waals surface area (Å²) < 4.78 is 28.5. The quantitative estimate of drug-likeness (QED) is 0.809. The summed E-state index contributed by atoms with van der Waals surface area (Å²) in [5.74, 6) is 0.0306. The van der Waals surface area contributed by atoms with E-state index < -0.39 is 6.61 Å². The number of hydrogen-bond donors (Lipinski definition) is 1. The summed E-state index contributed by atoms with van der Waals surface area (Å²) in [7, 11) is 0. The largest absolute Gasteiger partial charge is 0.435 e. The van der Waals surface area contributed by atoms with Crippen molar-refractivity contribution in [2.45, 2.75) is 32.4 Å². The molecule has 27 heavy (non-hydrogen) atoms. The number of carbonyl (C=O) groups excluding carboxylic acids is 2. The summed E-state index contributed by atoms with van der Waals surface area (Å²) in [5, 5.41) is 2.82. The lowest BCUT2D eigenvalue weighted by molar-refractivity contribution is -0.120. The molecule has 0 unspecified atom stereocenters. The lowest BCUT2D eigenvalue weighted by atomic mass is 10.1. The Kier molecular flexibility index (Phi) is 6.01. The molecule has 1 aliphatic rings. The number of nitrogens with one attached hydrogen (secondary N) is 1. The third-order valence-electron chi connectivity index (χ3n) is 4.32. The number of ether oxygens (including phenoxy) is 1. The number of halogens is 2. The molecule has 0 atom stereocenters. The van der Waals surface area contributed by atoms with Crippen LogP contribution in [0.25, 0.3) is 0 Å². The van der Waals surface area contributed by atoms with Crippen molar-refractivity contribution in [1.29, 1.82) is 0 Å². The topological polar surface area (TPSA) is 58.6 Å². The predicted octanol–water partition coefficient (Wildman–Crippen LogP) is 3.27. The highest BCUT2D eigenvalue weighted by Gasteiger charge is 2.21. The van der Waals surface area contributed by atoms with E-state index in [-0.39, 0.29) is 24.0 Å². The fourth-order valence-electron chi connectivity index (χ4n) is 2.95. The van der Waals surface area contributed by atoms with Gasteiger partial charge in [0.05, 0.1) is 6.42 Å². The van der Waals surface area contributed by atoms with Gasteiger partial charge in [-0.15, -0.1) is 0 Å². The van der Waals surface area contributed by atoms with Gasteiger partial charge in [-0.2, -0.15) is 8.78 Å². The van der Waals surface area contributed by atoms with Crippen LogP contribution in [0.15, 0.2) is 48.5 Å². The first-order valence-electron chi connectivity index (χ1n) is 8.71. The number of carbonyl (C=O) groups is 2. The van der Waals surface area contributed by atoms with E-state index in [1.54, 1.807) is 17.0 Å². The standard InChI is InChI=1S/C20H20F2N2O3/c21-20(22)27-17-9-5-14(6-10-17)12-18(25)23-13-15-3-7-16(8-4-15)24-11-1-2-19(24)26/h3-10,20H,1-2,11-13H2,(H,23,25). The molecule has 0 radical (unpaired) electrons. The van der Waals surface area contributed by atoms with Gasteiger partial charge in [-0.25, -0.2) is 0 Å². The van der Waals surface area contributed by atoms with E-state index in [9.17, 15) is 18.4 Å². The molecule has 0 spiro atoms. The number of amides is 2. The van der Waals surface area contributed by atoms with Crippen molar-refractivity contribution >= 4 is 17.5 Å². The third kappa shape index (κ3) is 5.26. The normalized spacial score (nSPS) is 13.9. The maximum absolute atomic E-state index is 12.1. The van der Waals surface area contributed by atoms with Crippen molar-refractivity contribution in [3.63, 3.8) is 0 Å². The highest BCUT2D eigenvalue weighted by atomic mass is 19.3. The highest BCUT2D eigenvalue weighted by molar-refractivity contribution is 5.95. The van der Waals surface area contributed by atoms with Gasteiger partial charge in [-0.05, 0) is 41.8 Å². The minimum atomic E-state index is -2.87. The second-order valence-corrected chi connectivity index (χ2v) is 6.29. The molecule has 0 aromatic heterocycles. The first-order valence-corrected chi connectivity index (χ1v) is 8.71. The zero-order valence-corrected chi connectivity index (χ0v) is 14.7. The minimum Gasteiger partial charge on any atom is -0.435 e. The van der Waals surface area contributed by atoms with Gasteiger partial charge >= 0.3 is 6.61 Å². The molecular formula is C20H20F2N2O3. The molecule has 0 bridgehead atoms. The van der Waals surface area contributed by atoms with Crippen LogP contribution < -0.4 is 15.0 Å². The zero-order chi connectivity index (χ0) is 19.2. The first kappa shape index (κ1) is 18.8. The maximum Gasteiger partial charge on any atom is 0.387 e. The summed E-state index contributed by atoms with van der Waals surface area (Å²) in [5.41, 5.74) is 2.51. The molecule has 2 amide bonds. The number of alkyl halides is 2. The highest BCUT2D eigenvalue weighted by Crippen LogP contribution is 2.21. The van der Waals surface area contributed by atoms with Crippen LogP contribution in [0.4, 0.5) is 14.5 Å².